The Kier molecular flexibility index (Phi) is 4.90. The van der Waals surface area contributed by atoms with E-state index in [2.05, 4.69) is 15.4 Å². The van der Waals surface area contributed by atoms with Crippen LogP contribution < -0.4 is 10.6 Å². The molecule has 0 aromatic rings. The maximum Gasteiger partial charge on any atom is 0.328 e. The number of rotatable bonds is 4. The van der Waals surface area contributed by atoms with Crippen LogP contribution in [0.15, 0.2) is 0 Å². The van der Waals surface area contributed by atoms with E-state index in [9.17, 15) is 9.59 Å². The molecule has 1 aliphatic rings. The van der Waals surface area contributed by atoms with E-state index in [-0.39, 0.29) is 11.9 Å². The zero-order valence-electron chi connectivity index (χ0n) is 8.91. The first-order chi connectivity index (χ1) is 7.19. The second kappa shape index (κ2) is 5.97. The molecule has 1 rings (SSSR count). The number of amides is 1. The lowest BCUT2D eigenvalue weighted by Gasteiger charge is -2.17. The summed E-state index contributed by atoms with van der Waals surface area (Å²) in [6, 6.07) is -0.719. The molecule has 0 aliphatic carbocycles. The summed E-state index contributed by atoms with van der Waals surface area (Å²) in [7, 11) is 1.32. The highest BCUT2D eigenvalue weighted by Crippen LogP contribution is 2.09. The lowest BCUT2D eigenvalue weighted by Crippen LogP contribution is -2.49. The number of hydrogen-bond acceptors (Lipinski definition) is 5. The molecule has 2 unspecified atom stereocenters. The monoisotopic (exact) mass is 232 g/mol. The van der Waals surface area contributed by atoms with Gasteiger partial charge in [-0.3, -0.25) is 10.1 Å². The summed E-state index contributed by atoms with van der Waals surface area (Å²) in [6.45, 7) is 1.83. The molecular weight excluding hydrogens is 216 g/mol. The fourth-order valence-electron chi connectivity index (χ4n) is 1.31. The lowest BCUT2D eigenvalue weighted by atomic mass is 10.2. The van der Waals surface area contributed by atoms with Gasteiger partial charge in [-0.25, -0.2) is 4.79 Å². The Morgan fingerprint density at radius 2 is 2.40 bits per heavy atom. The van der Waals surface area contributed by atoms with Crippen LogP contribution in [0.3, 0.4) is 0 Å². The Hall–Kier alpha value is -0.750. The first-order valence-electron chi connectivity index (χ1n) is 4.88. The van der Waals surface area contributed by atoms with Crippen molar-refractivity contribution in [2.24, 2.45) is 0 Å². The number of ether oxygens (including phenoxy) is 1. The van der Waals surface area contributed by atoms with Crippen LogP contribution >= 0.6 is 11.8 Å². The van der Waals surface area contributed by atoms with Crippen LogP contribution in [0.5, 0.6) is 0 Å². The van der Waals surface area contributed by atoms with E-state index in [0.29, 0.717) is 6.42 Å². The van der Waals surface area contributed by atoms with Crippen LogP contribution in [-0.2, 0) is 14.3 Å². The van der Waals surface area contributed by atoms with Gasteiger partial charge >= 0.3 is 5.97 Å². The largest absolute Gasteiger partial charge is 0.467 e. The Bertz CT molecular complexity index is 242. The molecular formula is C9H16N2O3S. The molecule has 86 valence electrons. The van der Waals surface area contributed by atoms with Gasteiger partial charge < -0.3 is 10.1 Å². The van der Waals surface area contributed by atoms with Gasteiger partial charge in [-0.05, 0) is 6.42 Å². The first-order valence-corrected chi connectivity index (χ1v) is 6.03. The number of methoxy groups -OCH3 is 1. The van der Waals surface area contributed by atoms with Crippen LogP contribution in [0, 0.1) is 0 Å². The molecule has 0 bridgehead atoms. The second-order valence-corrected chi connectivity index (χ2v) is 4.29. The fourth-order valence-corrected chi connectivity index (χ4v) is 2.25. The highest BCUT2D eigenvalue weighted by molar-refractivity contribution is 7.99. The minimum atomic E-state index is -0.533. The molecule has 2 atom stereocenters. The third kappa shape index (κ3) is 3.39. The average molecular weight is 232 g/mol. The molecule has 0 aromatic carbocycles. The van der Waals surface area contributed by atoms with Gasteiger partial charge in [0.1, 0.15) is 6.04 Å². The van der Waals surface area contributed by atoms with Gasteiger partial charge in [-0.15, -0.1) is 11.8 Å². The van der Waals surface area contributed by atoms with Gasteiger partial charge in [0, 0.05) is 11.6 Å². The molecule has 1 heterocycles. The molecule has 1 fully saturated rings. The normalized spacial score (nSPS) is 22.1. The molecule has 2 N–H and O–H groups in total. The molecule has 1 aliphatic heterocycles. The summed E-state index contributed by atoms with van der Waals surface area (Å²) in [4.78, 5) is 22.9. The van der Waals surface area contributed by atoms with Crippen molar-refractivity contribution in [2.75, 3.05) is 18.7 Å². The van der Waals surface area contributed by atoms with Crippen molar-refractivity contribution in [1.29, 1.82) is 0 Å². The first kappa shape index (κ1) is 12.3. The number of carbonyl (C=O) groups is 2. The van der Waals surface area contributed by atoms with Gasteiger partial charge in [-0.2, -0.15) is 0 Å². The van der Waals surface area contributed by atoms with Crippen molar-refractivity contribution in [2.45, 2.75) is 25.4 Å². The molecule has 15 heavy (non-hydrogen) atoms. The van der Waals surface area contributed by atoms with Crippen LogP contribution in [0.1, 0.15) is 13.3 Å². The molecule has 0 aromatic heterocycles. The molecule has 0 spiro atoms. The number of hydrogen-bond donors (Lipinski definition) is 2. The maximum atomic E-state index is 11.6. The van der Waals surface area contributed by atoms with Crippen LogP contribution in [0.4, 0.5) is 0 Å². The summed E-state index contributed by atoms with van der Waals surface area (Å²) in [6.07, 6.45) is 0.540. The van der Waals surface area contributed by atoms with E-state index in [1.165, 1.54) is 7.11 Å². The minimum Gasteiger partial charge on any atom is -0.467 e. The van der Waals surface area contributed by atoms with Crippen molar-refractivity contribution >= 4 is 23.6 Å². The van der Waals surface area contributed by atoms with E-state index in [4.69, 9.17) is 0 Å². The van der Waals surface area contributed by atoms with E-state index in [0.717, 1.165) is 11.6 Å². The fraction of sp³-hybridized carbons (Fsp3) is 0.778. The highest BCUT2D eigenvalue weighted by Gasteiger charge is 2.26. The van der Waals surface area contributed by atoms with Gasteiger partial charge in [0.25, 0.3) is 0 Å². The SMILES string of the molecule is CCC(NC(=O)C1CSCN1)C(=O)OC. The zero-order valence-corrected chi connectivity index (χ0v) is 9.73. The number of carbonyl (C=O) groups excluding carboxylic acids is 2. The number of esters is 1. The summed E-state index contributed by atoms with van der Waals surface area (Å²) in [5.74, 6) is 1.02. The molecule has 5 nitrogen and oxygen atoms in total. The number of nitrogens with one attached hydrogen (secondary N) is 2. The van der Waals surface area contributed by atoms with E-state index >= 15 is 0 Å². The van der Waals surface area contributed by atoms with Crippen molar-refractivity contribution in [1.82, 2.24) is 10.6 Å². The summed E-state index contributed by atoms with van der Waals surface area (Å²) in [5.41, 5.74) is 0. The minimum absolute atomic E-state index is 0.128. The third-order valence-electron chi connectivity index (χ3n) is 2.24. The Morgan fingerprint density at radius 3 is 2.87 bits per heavy atom. The van der Waals surface area contributed by atoms with Gasteiger partial charge in [0.15, 0.2) is 0 Å². The van der Waals surface area contributed by atoms with Crippen molar-refractivity contribution < 1.29 is 14.3 Å². The summed E-state index contributed by atoms with van der Waals surface area (Å²) in [5, 5.41) is 5.71. The van der Waals surface area contributed by atoms with Gasteiger partial charge in [0.2, 0.25) is 5.91 Å². The van der Waals surface area contributed by atoms with Crippen LogP contribution in [0.25, 0.3) is 0 Å². The van der Waals surface area contributed by atoms with E-state index in [1.54, 1.807) is 11.8 Å². The maximum absolute atomic E-state index is 11.6. The Morgan fingerprint density at radius 1 is 1.67 bits per heavy atom. The number of thioether (sulfide) groups is 1. The molecule has 1 saturated heterocycles. The third-order valence-corrected chi connectivity index (χ3v) is 3.18. The van der Waals surface area contributed by atoms with E-state index < -0.39 is 12.0 Å². The smallest absolute Gasteiger partial charge is 0.328 e. The second-order valence-electron chi connectivity index (χ2n) is 3.26. The zero-order chi connectivity index (χ0) is 11.3. The Balaban J connectivity index is 2.43. The Labute approximate surface area is 93.3 Å². The van der Waals surface area contributed by atoms with Crippen LogP contribution in [0.2, 0.25) is 0 Å². The lowest BCUT2D eigenvalue weighted by molar-refractivity contribution is -0.145. The van der Waals surface area contributed by atoms with Gasteiger partial charge in [-0.1, -0.05) is 6.92 Å². The average Bonchev–Trinajstić information content (AvgIpc) is 2.77. The molecule has 1 amide bonds. The van der Waals surface area contributed by atoms with Crippen molar-refractivity contribution in [3.63, 3.8) is 0 Å². The summed E-state index contributed by atoms with van der Waals surface area (Å²) < 4.78 is 4.59. The van der Waals surface area contributed by atoms with Crippen LogP contribution in [-0.4, -0.2) is 42.7 Å². The standard InChI is InChI=1S/C9H16N2O3S/c1-3-6(9(13)14-2)11-8(12)7-4-15-5-10-7/h6-7,10H,3-5H2,1-2H3,(H,11,12). The predicted octanol–water partition coefficient (Wildman–Crippen LogP) is -0.283. The quantitative estimate of drug-likeness (QED) is 0.652. The molecule has 0 saturated carbocycles. The molecule has 0 radical (unpaired) electrons. The highest BCUT2D eigenvalue weighted by atomic mass is 32.2. The summed E-state index contributed by atoms with van der Waals surface area (Å²) >= 11 is 1.67. The molecule has 6 heteroatoms. The van der Waals surface area contributed by atoms with Gasteiger partial charge in [0.05, 0.1) is 13.2 Å². The van der Waals surface area contributed by atoms with Crippen molar-refractivity contribution in [3.05, 3.63) is 0 Å². The van der Waals surface area contributed by atoms with E-state index in [1.807, 2.05) is 6.92 Å². The predicted molar refractivity (Wildman–Crippen MR) is 58.5 cm³/mol. The topological polar surface area (TPSA) is 67.4 Å². The van der Waals surface area contributed by atoms with Crippen molar-refractivity contribution in [3.8, 4) is 0 Å².